The van der Waals surface area contributed by atoms with E-state index in [2.05, 4.69) is 44.1 Å². The molecule has 0 radical (unpaired) electrons. The average molecular weight is 1210 g/mol. The van der Waals surface area contributed by atoms with E-state index >= 15 is 0 Å². The van der Waals surface area contributed by atoms with Crippen LogP contribution in [-0.2, 0) is 62.3 Å². The summed E-state index contributed by atoms with van der Waals surface area (Å²) in [5.41, 5.74) is 16.4. The number of carboxylic acid groups (broad SMARTS) is 2. The minimum atomic E-state index is -2.83. The highest BCUT2D eigenvalue weighted by Gasteiger charge is 2.41. The topological polar surface area (TPSA) is 522 Å². The fourth-order valence-corrected chi connectivity index (χ4v) is 8.41. The molecule has 472 valence electrons. The van der Waals surface area contributed by atoms with Crippen molar-refractivity contribution < 1.29 is 92.9 Å². The summed E-state index contributed by atoms with van der Waals surface area (Å²) < 4.78 is 5.27. The number of carbonyl (C=O) groups is 12. The molecule has 0 saturated carbocycles. The summed E-state index contributed by atoms with van der Waals surface area (Å²) in [4.78, 5) is 162. The van der Waals surface area contributed by atoms with Gasteiger partial charge in [0.1, 0.15) is 54.6 Å². The van der Waals surface area contributed by atoms with E-state index in [9.17, 15) is 88.2 Å². The lowest BCUT2D eigenvalue weighted by Gasteiger charge is -2.28. The molecule has 21 N–H and O–H groups in total. The van der Waals surface area contributed by atoms with Crippen molar-refractivity contribution in [1.82, 2.24) is 47.9 Å². The number of aliphatic hydroxyl groups excluding tert-OH is 4. The van der Waals surface area contributed by atoms with Crippen LogP contribution >= 0.6 is 11.6 Å². The number of carboxylic acids is 2. The number of hydrogen-bond donors (Lipinski definition) is 18. The van der Waals surface area contributed by atoms with E-state index in [-0.39, 0.29) is 45.3 Å². The number of ether oxygens (including phenoxy) is 1. The lowest BCUT2D eigenvalue weighted by atomic mass is 10.0. The van der Waals surface area contributed by atoms with Gasteiger partial charge in [-0.25, -0.2) is 9.59 Å². The number of nitrogens with two attached hydrogens (primary N) is 3. The number of nitrogens with one attached hydrogen (secondary N) is 9. The third-order valence-corrected chi connectivity index (χ3v) is 13.3. The van der Waals surface area contributed by atoms with Gasteiger partial charge in [0.15, 0.2) is 12.1 Å². The van der Waals surface area contributed by atoms with Gasteiger partial charge in [0.2, 0.25) is 47.3 Å². The molecule has 31 nitrogen and oxygen atoms in total. The van der Waals surface area contributed by atoms with E-state index in [0.717, 1.165) is 64.4 Å². The molecule has 83 heavy (non-hydrogen) atoms. The number of rotatable bonds is 28. The number of amides is 9. The molecule has 0 aromatic rings. The first-order valence-electron chi connectivity index (χ1n) is 27.7. The van der Waals surface area contributed by atoms with Gasteiger partial charge in [-0.3, -0.25) is 47.9 Å². The maximum atomic E-state index is 14.1. The van der Waals surface area contributed by atoms with Crippen LogP contribution in [0.1, 0.15) is 130 Å². The quantitative estimate of drug-likeness (QED) is 0.0151. The molecular formula is C51H87ClN12O19. The van der Waals surface area contributed by atoms with Crippen molar-refractivity contribution >= 4 is 82.7 Å². The first-order chi connectivity index (χ1) is 39.3. The summed E-state index contributed by atoms with van der Waals surface area (Å²) >= 11 is 5.85. The molecule has 0 aromatic carbocycles. The van der Waals surface area contributed by atoms with Crippen LogP contribution in [0.25, 0.3) is 0 Å². The van der Waals surface area contributed by atoms with Crippen molar-refractivity contribution in [3.8, 4) is 0 Å². The highest BCUT2D eigenvalue weighted by atomic mass is 35.5. The van der Waals surface area contributed by atoms with Crippen LogP contribution in [0.3, 0.4) is 0 Å². The van der Waals surface area contributed by atoms with Crippen LogP contribution in [0.2, 0.25) is 0 Å². The predicted molar refractivity (Wildman–Crippen MR) is 295 cm³/mol. The molecule has 0 bridgehead atoms. The maximum absolute atomic E-state index is 14.1. The smallest absolute Gasteiger partial charge is 0.335 e. The summed E-state index contributed by atoms with van der Waals surface area (Å²) in [6.07, 6.45) is -0.358. The van der Waals surface area contributed by atoms with Gasteiger partial charge in [-0.15, -0.1) is 11.6 Å². The number of hydrogen-bond acceptors (Lipinski definition) is 20. The molecule has 0 aromatic heterocycles. The number of alkyl halides is 1. The van der Waals surface area contributed by atoms with Gasteiger partial charge in [-0.2, -0.15) is 0 Å². The summed E-state index contributed by atoms with van der Waals surface area (Å²) in [5.74, 6) is -17.8. The Morgan fingerprint density at radius 2 is 1.13 bits per heavy atom. The van der Waals surface area contributed by atoms with Crippen LogP contribution in [0.5, 0.6) is 0 Å². The fraction of sp³-hybridized carbons (Fsp3) is 0.725. The molecule has 9 amide bonds. The van der Waals surface area contributed by atoms with E-state index in [1.54, 1.807) is 0 Å². The molecular weight excluding hydrogens is 1120 g/mol. The minimum Gasteiger partial charge on any atom is -0.481 e. The van der Waals surface area contributed by atoms with Crippen molar-refractivity contribution in [3.63, 3.8) is 0 Å². The van der Waals surface area contributed by atoms with Crippen LogP contribution in [-0.4, -0.2) is 207 Å². The van der Waals surface area contributed by atoms with Crippen molar-refractivity contribution in [2.45, 2.75) is 203 Å². The summed E-state index contributed by atoms with van der Waals surface area (Å²) in [7, 11) is 0. The highest BCUT2D eigenvalue weighted by molar-refractivity contribution is 6.18. The number of unbranched alkanes of at least 4 members (excludes halogenated alkanes) is 9. The molecule has 0 spiro atoms. The fourth-order valence-electron chi connectivity index (χ4n) is 8.23. The number of esters is 1. The lowest BCUT2D eigenvalue weighted by molar-refractivity contribution is -0.155. The Hall–Kier alpha value is -6.61. The number of allylic oxidation sites excluding steroid dienone is 1. The Bertz CT molecular complexity index is 2190. The molecule has 0 aliphatic carbocycles. The van der Waals surface area contributed by atoms with Crippen LogP contribution in [0.15, 0.2) is 11.8 Å². The molecule has 1 aliphatic rings. The van der Waals surface area contributed by atoms with Crippen molar-refractivity contribution in [2.75, 3.05) is 32.1 Å². The Balaban J connectivity index is 4.01. The number of carbonyl (C=O) groups excluding carboxylic acids is 10. The Morgan fingerprint density at radius 1 is 0.627 bits per heavy atom. The highest BCUT2D eigenvalue weighted by Crippen LogP contribution is 2.14. The molecule has 1 rings (SSSR count). The summed E-state index contributed by atoms with van der Waals surface area (Å²) in [6, 6.07) is -15.8. The molecule has 1 unspecified atom stereocenters. The SMILES string of the molecule is C/C=C1\NC(=O)[C@H]([C@H](C)O)NC(=O)[C@H](CCN)NC(=O)[C@H](CCCCN)NC(=O)[C@H](CC(=O)O)NC(=O)[C@@H](CCN)NC(=O)[C@@H](NC(=O)CC(O)CCCCCCCCCCC)COC(=O)[C@H]([C@H](O)CCl)NC(=O)[C@H]([C@H](O)C(=O)O)NC1=O. The molecule has 1 saturated heterocycles. The first-order valence-corrected chi connectivity index (χ1v) is 28.2. The molecule has 12 atom stereocenters. The van der Waals surface area contributed by atoms with E-state index < -0.39 is 181 Å². The van der Waals surface area contributed by atoms with Gasteiger partial charge in [-0.1, -0.05) is 70.8 Å². The normalized spacial score (nSPS) is 24.5. The third-order valence-electron chi connectivity index (χ3n) is 13.0. The maximum Gasteiger partial charge on any atom is 0.335 e. The second-order valence-corrected chi connectivity index (χ2v) is 20.2. The zero-order valence-electron chi connectivity index (χ0n) is 47.2. The van der Waals surface area contributed by atoms with Crippen molar-refractivity contribution in [3.05, 3.63) is 11.8 Å². The van der Waals surface area contributed by atoms with Crippen molar-refractivity contribution in [1.29, 1.82) is 0 Å². The van der Waals surface area contributed by atoms with Crippen LogP contribution in [0.4, 0.5) is 0 Å². The van der Waals surface area contributed by atoms with E-state index in [4.69, 9.17) is 33.5 Å². The van der Waals surface area contributed by atoms with Gasteiger partial charge in [0.05, 0.1) is 37.0 Å². The van der Waals surface area contributed by atoms with Crippen molar-refractivity contribution in [2.24, 2.45) is 17.2 Å². The second-order valence-electron chi connectivity index (χ2n) is 19.9. The average Bonchev–Trinajstić information content (AvgIpc) is 3.52. The Morgan fingerprint density at radius 3 is 1.64 bits per heavy atom. The molecule has 1 heterocycles. The minimum absolute atomic E-state index is 0.123. The van der Waals surface area contributed by atoms with E-state index in [0.29, 0.717) is 12.8 Å². The van der Waals surface area contributed by atoms with E-state index in [1.807, 2.05) is 10.6 Å². The van der Waals surface area contributed by atoms with Gasteiger partial charge in [-0.05, 0) is 72.0 Å². The first kappa shape index (κ1) is 74.4. The Kier molecular flexibility index (Phi) is 36.4. The number of cyclic esters (lactones) is 1. The largest absolute Gasteiger partial charge is 0.481 e. The van der Waals surface area contributed by atoms with Gasteiger partial charge >= 0.3 is 17.9 Å². The zero-order valence-corrected chi connectivity index (χ0v) is 47.9. The zero-order chi connectivity index (χ0) is 62.8. The molecule has 32 heteroatoms. The second kappa shape index (κ2) is 40.6. The molecule has 1 aliphatic heterocycles. The Labute approximate surface area is 485 Å². The molecule has 1 fully saturated rings. The third kappa shape index (κ3) is 28.0. The summed E-state index contributed by atoms with van der Waals surface area (Å²) in [6.45, 7) is 2.61. The van der Waals surface area contributed by atoms with Gasteiger partial charge in [0.25, 0.3) is 5.91 Å². The van der Waals surface area contributed by atoms with Crippen LogP contribution in [0, 0.1) is 0 Å². The summed E-state index contributed by atoms with van der Waals surface area (Å²) in [5, 5.41) is 82.1. The lowest BCUT2D eigenvalue weighted by Crippen LogP contribution is -2.62. The van der Waals surface area contributed by atoms with Crippen LogP contribution < -0.4 is 65.1 Å². The predicted octanol–water partition coefficient (Wildman–Crippen LogP) is -5.16. The number of aliphatic carboxylic acids is 2. The standard InChI is InChI=1S/C51H87ClN12O19/c1-4-6-7-8-9-10-11-12-13-16-28(66)23-36(68)56-34-26-83-51(82)39(35(67)25-52)63-49(79)40(41(71)50(80)81)64-42(72)29(5-2)57-48(78)38(27(3)65)62-45(75)32(19-22-55)59-43(73)30(17-14-15-20-53)58-46(76)33(24-37(69)70)61-44(74)31(18-21-54)60-47(34)77/h5,27-28,30-35,38-41,65-67,71H,4,6-26,53-55H2,1-3H3,(H,56,68)(H,57,78)(H,58,76)(H,59,73)(H,60,77)(H,61,74)(H,62,75)(H,63,79)(H,64,72)(H,69,70)(H,80,81)/b29-5-/t27-,28?,30-,31+,32-,33-,34-,35+,38-,39-,40-,41-/m0/s1. The van der Waals surface area contributed by atoms with Gasteiger partial charge in [0, 0.05) is 0 Å². The number of aliphatic hydroxyl groups is 4. The number of halogens is 1. The van der Waals surface area contributed by atoms with Gasteiger partial charge < -0.3 is 100 Å². The monoisotopic (exact) mass is 1210 g/mol. The van der Waals surface area contributed by atoms with E-state index in [1.165, 1.54) is 6.92 Å².